The number of benzene rings is 2. The molecule has 0 spiro atoms. The average molecular weight is 343 g/mol. The smallest absolute Gasteiger partial charge is 0.408 e. The Morgan fingerprint density at radius 2 is 1.58 bits per heavy atom. The second-order valence-electron chi connectivity index (χ2n) is 6.36. The van der Waals surface area contributed by atoms with E-state index in [0.717, 1.165) is 11.1 Å². The first-order valence-electron chi connectivity index (χ1n) is 7.53. The number of hydrogen-bond acceptors (Lipinski definition) is 3. The van der Waals surface area contributed by atoms with Crippen LogP contribution >= 0.6 is 11.6 Å². The van der Waals surface area contributed by atoms with Crippen LogP contribution in [0.4, 0.5) is 4.79 Å². The number of carbonyl (C=O) groups is 1. The second kappa shape index (κ2) is 7.37. The molecule has 0 aliphatic rings. The summed E-state index contributed by atoms with van der Waals surface area (Å²) >= 11 is 5.95. The van der Waals surface area contributed by atoms with Crippen molar-refractivity contribution < 1.29 is 9.53 Å². The van der Waals surface area contributed by atoms with E-state index in [1.165, 1.54) is 0 Å². The molecule has 0 radical (unpaired) electrons. The molecule has 1 unspecified atom stereocenters. The van der Waals surface area contributed by atoms with Gasteiger partial charge >= 0.3 is 6.09 Å². The van der Waals surface area contributed by atoms with Crippen molar-refractivity contribution in [3.8, 4) is 6.07 Å². The molecule has 4 nitrogen and oxygen atoms in total. The van der Waals surface area contributed by atoms with E-state index in [2.05, 4.69) is 11.4 Å². The minimum atomic E-state index is -0.584. The van der Waals surface area contributed by atoms with Gasteiger partial charge in [0.2, 0.25) is 0 Å². The molecule has 5 heteroatoms. The van der Waals surface area contributed by atoms with Crippen LogP contribution in [-0.2, 0) is 4.74 Å². The number of ether oxygens (including phenoxy) is 1. The predicted octanol–water partition coefficient (Wildman–Crippen LogP) is 4.83. The zero-order valence-electron chi connectivity index (χ0n) is 13.8. The van der Waals surface area contributed by atoms with Crippen LogP contribution in [0.15, 0.2) is 48.5 Å². The third kappa shape index (κ3) is 5.00. The summed E-state index contributed by atoms with van der Waals surface area (Å²) < 4.78 is 5.35. The van der Waals surface area contributed by atoms with Crippen molar-refractivity contribution in [1.82, 2.24) is 5.32 Å². The zero-order valence-corrected chi connectivity index (χ0v) is 14.6. The van der Waals surface area contributed by atoms with Crippen molar-refractivity contribution in [1.29, 1.82) is 5.26 Å². The van der Waals surface area contributed by atoms with Crippen LogP contribution in [-0.4, -0.2) is 11.7 Å². The number of nitrogens with one attached hydrogen (secondary N) is 1. The molecule has 0 aromatic heterocycles. The molecule has 0 saturated heterocycles. The summed E-state index contributed by atoms with van der Waals surface area (Å²) in [4.78, 5) is 12.2. The highest BCUT2D eigenvalue weighted by Gasteiger charge is 2.21. The molecule has 24 heavy (non-hydrogen) atoms. The number of nitriles is 1. The largest absolute Gasteiger partial charge is 0.444 e. The molecule has 0 saturated carbocycles. The van der Waals surface area contributed by atoms with Gasteiger partial charge in [0.15, 0.2) is 0 Å². The van der Waals surface area contributed by atoms with Crippen molar-refractivity contribution in [3.05, 3.63) is 70.2 Å². The maximum absolute atomic E-state index is 12.2. The third-order valence-corrected chi connectivity index (χ3v) is 3.49. The van der Waals surface area contributed by atoms with Crippen molar-refractivity contribution in [2.45, 2.75) is 32.4 Å². The first-order chi connectivity index (χ1) is 11.3. The first-order valence-corrected chi connectivity index (χ1v) is 7.91. The van der Waals surface area contributed by atoms with E-state index in [-0.39, 0.29) is 0 Å². The number of amides is 1. The Morgan fingerprint density at radius 3 is 2.04 bits per heavy atom. The van der Waals surface area contributed by atoms with Crippen LogP contribution in [0.2, 0.25) is 5.02 Å². The number of nitrogens with zero attached hydrogens (tertiary/aromatic N) is 1. The molecule has 2 aromatic rings. The quantitative estimate of drug-likeness (QED) is 0.869. The summed E-state index contributed by atoms with van der Waals surface area (Å²) in [6.07, 6.45) is -0.508. The lowest BCUT2D eigenvalue weighted by Gasteiger charge is -2.24. The van der Waals surface area contributed by atoms with Gasteiger partial charge in [-0.05, 0) is 56.2 Å². The van der Waals surface area contributed by atoms with Gasteiger partial charge in [0.25, 0.3) is 0 Å². The monoisotopic (exact) mass is 342 g/mol. The number of rotatable bonds is 3. The molecular weight excluding hydrogens is 324 g/mol. The van der Waals surface area contributed by atoms with Gasteiger partial charge in [0.1, 0.15) is 5.60 Å². The Labute approximate surface area is 147 Å². The zero-order chi connectivity index (χ0) is 17.7. The molecule has 1 N–H and O–H groups in total. The van der Waals surface area contributed by atoms with E-state index in [1.54, 1.807) is 24.3 Å². The molecule has 0 aliphatic carbocycles. The molecule has 1 atom stereocenters. The Balaban J connectivity index is 2.32. The minimum Gasteiger partial charge on any atom is -0.444 e. The number of halogens is 1. The molecule has 0 heterocycles. The van der Waals surface area contributed by atoms with Gasteiger partial charge in [0.05, 0.1) is 17.7 Å². The summed E-state index contributed by atoms with van der Waals surface area (Å²) in [5, 5.41) is 12.4. The molecule has 0 bridgehead atoms. The molecule has 124 valence electrons. The van der Waals surface area contributed by atoms with Crippen molar-refractivity contribution in [2.75, 3.05) is 0 Å². The van der Waals surface area contributed by atoms with Crippen molar-refractivity contribution in [3.63, 3.8) is 0 Å². The topological polar surface area (TPSA) is 62.1 Å². The summed E-state index contributed by atoms with van der Waals surface area (Å²) in [7, 11) is 0. The Kier molecular flexibility index (Phi) is 5.48. The third-order valence-electron chi connectivity index (χ3n) is 3.24. The van der Waals surface area contributed by atoms with E-state index >= 15 is 0 Å². The molecule has 0 aliphatic heterocycles. The maximum atomic E-state index is 12.2. The van der Waals surface area contributed by atoms with E-state index in [4.69, 9.17) is 21.6 Å². The van der Waals surface area contributed by atoms with Crippen molar-refractivity contribution in [2.24, 2.45) is 0 Å². The molecule has 2 aromatic carbocycles. The molecule has 0 fully saturated rings. The fraction of sp³-hybridized carbons (Fsp3) is 0.263. The fourth-order valence-corrected chi connectivity index (χ4v) is 2.32. The van der Waals surface area contributed by atoms with Crippen LogP contribution in [0, 0.1) is 11.3 Å². The highest BCUT2D eigenvalue weighted by atomic mass is 35.5. The highest BCUT2D eigenvalue weighted by Crippen LogP contribution is 2.24. The van der Waals surface area contributed by atoms with E-state index in [0.29, 0.717) is 10.6 Å². The maximum Gasteiger partial charge on any atom is 0.408 e. The molecule has 2 rings (SSSR count). The van der Waals surface area contributed by atoms with Gasteiger partial charge in [-0.3, -0.25) is 0 Å². The van der Waals surface area contributed by atoms with Gasteiger partial charge < -0.3 is 10.1 Å². The summed E-state index contributed by atoms with van der Waals surface area (Å²) in [6, 6.07) is 16.0. The SMILES string of the molecule is CC(C)(C)OC(=O)NC(c1ccc(Cl)cc1)c1ccc(C#N)cc1. The number of alkyl carbamates (subject to hydrolysis) is 1. The minimum absolute atomic E-state index is 0.398. The lowest BCUT2D eigenvalue weighted by atomic mass is 9.98. The summed E-state index contributed by atoms with van der Waals surface area (Å²) in [6.45, 7) is 5.43. The van der Waals surface area contributed by atoms with Crippen LogP contribution in [0.1, 0.15) is 43.5 Å². The molecular formula is C19H19ClN2O2. The number of hydrogen-bond donors (Lipinski definition) is 1. The standard InChI is InChI=1S/C19H19ClN2O2/c1-19(2,3)24-18(23)22-17(15-8-10-16(20)11-9-15)14-6-4-13(12-21)5-7-14/h4-11,17H,1-3H3,(H,22,23). The predicted molar refractivity (Wildman–Crippen MR) is 93.8 cm³/mol. The Hall–Kier alpha value is -2.51. The van der Waals surface area contributed by atoms with E-state index in [1.807, 2.05) is 45.0 Å². The van der Waals surface area contributed by atoms with Crippen LogP contribution in [0.25, 0.3) is 0 Å². The van der Waals surface area contributed by atoms with E-state index in [9.17, 15) is 4.79 Å². The fourth-order valence-electron chi connectivity index (χ4n) is 2.19. The Bertz CT molecular complexity index is 741. The van der Waals surface area contributed by atoms with E-state index < -0.39 is 17.7 Å². The van der Waals surface area contributed by atoms with Gasteiger partial charge in [-0.15, -0.1) is 0 Å². The van der Waals surface area contributed by atoms with Crippen LogP contribution in [0.5, 0.6) is 0 Å². The van der Waals surface area contributed by atoms with Gasteiger partial charge in [-0.25, -0.2) is 4.79 Å². The van der Waals surface area contributed by atoms with Crippen LogP contribution in [0.3, 0.4) is 0 Å². The normalized spacial score (nSPS) is 12.1. The molecule has 1 amide bonds. The Morgan fingerprint density at radius 1 is 1.08 bits per heavy atom. The van der Waals surface area contributed by atoms with Gasteiger partial charge in [-0.1, -0.05) is 35.9 Å². The lowest BCUT2D eigenvalue weighted by Crippen LogP contribution is -2.35. The second-order valence-corrected chi connectivity index (χ2v) is 6.80. The summed E-state index contributed by atoms with van der Waals surface area (Å²) in [5.41, 5.74) is 1.70. The summed E-state index contributed by atoms with van der Waals surface area (Å²) in [5.74, 6) is 0. The average Bonchev–Trinajstić information content (AvgIpc) is 2.52. The van der Waals surface area contributed by atoms with Gasteiger partial charge in [0, 0.05) is 5.02 Å². The lowest BCUT2D eigenvalue weighted by molar-refractivity contribution is 0.0512. The van der Waals surface area contributed by atoms with Gasteiger partial charge in [-0.2, -0.15) is 5.26 Å². The first kappa shape index (κ1) is 17.8. The number of carbonyl (C=O) groups excluding carboxylic acids is 1. The highest BCUT2D eigenvalue weighted by molar-refractivity contribution is 6.30. The van der Waals surface area contributed by atoms with Crippen LogP contribution < -0.4 is 5.32 Å². The van der Waals surface area contributed by atoms with Crippen molar-refractivity contribution >= 4 is 17.7 Å².